The van der Waals surface area contributed by atoms with E-state index in [9.17, 15) is 16.4 Å². The van der Waals surface area contributed by atoms with Crippen LogP contribution in [0.2, 0.25) is 0 Å². The second kappa shape index (κ2) is 25.3. The molecule has 0 aliphatic carbocycles. The van der Waals surface area contributed by atoms with Gasteiger partial charge in [-0.2, -0.15) is 18.2 Å². The predicted molar refractivity (Wildman–Crippen MR) is 428 cm³/mol. The van der Waals surface area contributed by atoms with E-state index in [0.717, 1.165) is 82.9 Å². The van der Waals surface area contributed by atoms with Crippen molar-refractivity contribution in [3.63, 3.8) is 0 Å². The second-order valence-corrected chi connectivity index (χ2v) is 33.2. The van der Waals surface area contributed by atoms with Crippen molar-refractivity contribution in [1.29, 1.82) is 0 Å². The topological polar surface area (TPSA) is 49.0 Å². The van der Waals surface area contributed by atoms with E-state index in [1.165, 1.54) is 0 Å². The third kappa shape index (κ3) is 11.1. The molecule has 0 amide bonds. The molecule has 18 rings (SSSR count). The van der Waals surface area contributed by atoms with Crippen LogP contribution in [0.25, 0.3) is 128 Å². The van der Waals surface area contributed by atoms with Crippen molar-refractivity contribution in [2.45, 2.75) is 78.6 Å². The van der Waals surface area contributed by atoms with E-state index in [-0.39, 0.29) is 31.7 Å². The molecule has 508 valence electrons. The van der Waals surface area contributed by atoms with Crippen LogP contribution in [0.1, 0.15) is 99.6 Å². The molecule has 0 spiro atoms. The molecule has 6 nitrogen and oxygen atoms in total. The normalized spacial score (nSPS) is 14.4. The van der Waals surface area contributed by atoms with Crippen LogP contribution < -0.4 is 30.1 Å². The number of hydrogen-bond acceptors (Lipinski definition) is 3. The summed E-state index contributed by atoms with van der Waals surface area (Å²) < 4.78 is 164. The molecule has 17 aromatic rings. The largest absolute Gasteiger partial charge is 0.510 e. The fraction of sp³-hybridized carbons (Fsp3) is 0.125. The Hall–Kier alpha value is -11.2. The van der Waals surface area contributed by atoms with Gasteiger partial charge in [-0.1, -0.05) is 286 Å². The Labute approximate surface area is 644 Å². The maximum atomic E-state index is 10.1. The molecule has 1 aliphatic rings. The summed E-state index contributed by atoms with van der Waals surface area (Å²) in [6, 6.07) is 60.5. The first-order chi connectivity index (χ1) is 56.1. The van der Waals surface area contributed by atoms with Crippen molar-refractivity contribution < 1.29 is 55.3 Å². The molecule has 0 N–H and O–H groups in total. The minimum atomic E-state index is -5.73. The van der Waals surface area contributed by atoms with Crippen LogP contribution in [-0.4, -0.2) is 22.2 Å². The summed E-state index contributed by atoms with van der Waals surface area (Å²) >= 11 is 0. The third-order valence-electron chi connectivity index (χ3n) is 20.2. The smallest absolute Gasteiger partial charge is 0.268 e. The van der Waals surface area contributed by atoms with Crippen LogP contribution in [-0.2, 0) is 37.3 Å². The first-order valence-electron chi connectivity index (χ1n) is 42.0. The number of furan rings is 1. The van der Waals surface area contributed by atoms with E-state index in [1.807, 2.05) is 132 Å². The Morgan fingerprint density at radius 3 is 1.71 bits per heavy atom. The van der Waals surface area contributed by atoms with E-state index in [2.05, 4.69) is 151 Å². The third-order valence-corrected chi connectivity index (χ3v) is 24.4. The molecule has 0 radical (unpaired) electrons. The number of fused-ring (bicyclic) bond motifs is 13. The van der Waals surface area contributed by atoms with Crippen molar-refractivity contribution in [3.8, 4) is 84.3 Å². The fourth-order valence-electron chi connectivity index (χ4n) is 15.0. The zero-order chi connectivity index (χ0) is 83.2. The summed E-state index contributed by atoms with van der Waals surface area (Å²) in [5.74, 6) is 1.50. The summed E-state index contributed by atoms with van der Waals surface area (Å²) in [5.41, 5.74) is 14.6. The van der Waals surface area contributed by atoms with E-state index >= 15 is 0 Å². The van der Waals surface area contributed by atoms with E-state index in [0.29, 0.717) is 72.9 Å². The summed E-state index contributed by atoms with van der Waals surface area (Å²) in [6.07, 6.45) is 5.82. The predicted octanol–water partition coefficient (Wildman–Crippen LogP) is 21.4. The summed E-state index contributed by atoms with van der Waals surface area (Å²) in [7, 11) is -5.73. The molecular weight excluding hydrogens is 1460 g/mol. The Bertz CT molecular complexity index is 6930. The van der Waals surface area contributed by atoms with Crippen LogP contribution in [0.5, 0.6) is 11.5 Å². The number of para-hydroxylation sites is 3. The summed E-state index contributed by atoms with van der Waals surface area (Å²) in [4.78, 5) is 4.94. The summed E-state index contributed by atoms with van der Waals surface area (Å²) in [6.45, 7) is 19.6. The van der Waals surface area contributed by atoms with Crippen molar-refractivity contribution >= 4 is 83.6 Å². The Morgan fingerprint density at radius 2 is 1.02 bits per heavy atom. The molecule has 1 aliphatic heterocycles. The minimum Gasteiger partial charge on any atom is -0.510 e. The number of ether oxygens (including phenoxy) is 1. The van der Waals surface area contributed by atoms with Crippen molar-refractivity contribution in [2.75, 3.05) is 0 Å². The number of aromatic nitrogens is 4. The standard InChI is InChI=1S/C96H76N4O2Si.Pt/c1-94(2,3)65-49-50-97-91(57-65)100-86-41-23-21-37-79(86)80-46-44-70(59-87(80)100)101-69-28-25-27-68(58-69)98-61-99-92-75(64-51-66(95(4,5)6)56-67(52-64)96(7,8)9)39-26-40-82(92)83-60-74(103(71-29-13-10-14-30-71,72-31-15-11-16-32-72)73-33-17-12-18-34-73)45-47-78(83)76-35-19-20-36-77(76)85-54-63(55-88(98)93(85)99)62-43-48-90-84(53-62)81-38-22-24-42-89(81)102-90;/h10-57,60H,1-9H3;/q-2;/i10D,11D,12D,13D,14D,15D,16D,17D,18D,29D,30D,31D,32D,33D,34D;. The molecule has 4 aromatic heterocycles. The van der Waals surface area contributed by atoms with Gasteiger partial charge in [0.05, 0.1) is 37.3 Å². The van der Waals surface area contributed by atoms with E-state index < -0.39 is 125 Å². The van der Waals surface area contributed by atoms with Gasteiger partial charge in [-0.3, -0.25) is 4.57 Å². The molecule has 0 saturated carbocycles. The fourth-order valence-corrected chi connectivity index (χ4v) is 18.8. The molecule has 104 heavy (non-hydrogen) atoms. The number of benzene rings is 13. The van der Waals surface area contributed by atoms with Gasteiger partial charge < -0.3 is 18.3 Å². The van der Waals surface area contributed by atoms with Gasteiger partial charge in [-0.25, -0.2) is 4.98 Å². The number of rotatable bonds is 10. The number of pyridine rings is 1. The number of imidazole rings is 1. The second-order valence-electron chi connectivity index (χ2n) is 29.6. The zero-order valence-corrected chi connectivity index (χ0v) is 61.8. The number of hydrogen-bond donors (Lipinski definition) is 0. The first-order valence-corrected chi connectivity index (χ1v) is 36.5. The van der Waals surface area contributed by atoms with Gasteiger partial charge in [0, 0.05) is 55.1 Å². The SMILES string of the molecule is [2H]c1c([2H])c([2H])c([Si](c2ccc3c(c2)-c2cccc(-c4cc(C(C)(C)C)cc(C(C)(C)C)c4)c2-[n+]2[c-]n(-c4[c-]c(Oc5[c-]c6c(cc5)c5ccccc5n6-c5cc(C(C)(C)C)ccn5)ccc4)c4cc(-c5ccc6oc7ccccc7c6c5)cc(c42)-c2ccccc2-3)(c2c([2H])c([2H])c([2H])c([2H])c2[2H])c2c([2H])c([2H])c([2H])c([2H])c2[2H])c([2H])c1[2H].[Pt]. The van der Waals surface area contributed by atoms with Gasteiger partial charge in [0.2, 0.25) is 0 Å². The van der Waals surface area contributed by atoms with Gasteiger partial charge in [0.1, 0.15) is 17.0 Å². The van der Waals surface area contributed by atoms with Crippen molar-refractivity contribution in [1.82, 2.24) is 14.1 Å². The Morgan fingerprint density at radius 1 is 0.423 bits per heavy atom. The monoisotopic (exact) mass is 1550 g/mol. The first kappa shape index (κ1) is 51.0. The number of nitrogens with zero attached hydrogens (tertiary/aromatic N) is 4. The summed E-state index contributed by atoms with van der Waals surface area (Å²) in [5, 5.41) is 1.96. The van der Waals surface area contributed by atoms with Crippen molar-refractivity contribution in [3.05, 3.63) is 332 Å². The van der Waals surface area contributed by atoms with E-state index in [4.69, 9.17) is 18.3 Å². The molecule has 0 bridgehead atoms. The average Bonchev–Trinajstić information content (AvgIpc) is 0.976. The van der Waals surface area contributed by atoms with Gasteiger partial charge in [-0.15, -0.1) is 29.7 Å². The quantitative estimate of drug-likeness (QED) is 0.0593. The minimum absolute atomic E-state index is 0. The van der Waals surface area contributed by atoms with Gasteiger partial charge in [0.25, 0.3) is 6.33 Å². The van der Waals surface area contributed by atoms with Gasteiger partial charge in [0.15, 0.2) is 8.07 Å². The van der Waals surface area contributed by atoms with Crippen LogP contribution >= 0.6 is 0 Å². The molecule has 0 unspecified atom stereocenters. The molecule has 0 atom stereocenters. The van der Waals surface area contributed by atoms with Crippen molar-refractivity contribution in [2.24, 2.45) is 0 Å². The Balaban J connectivity index is 0.0000101. The van der Waals surface area contributed by atoms with Crippen LogP contribution in [0.3, 0.4) is 0 Å². The van der Waals surface area contributed by atoms with Crippen LogP contribution in [0.4, 0.5) is 0 Å². The molecule has 5 heterocycles. The Kier molecular flexibility index (Phi) is 12.4. The maximum Gasteiger partial charge on any atom is 0.268 e. The molecule has 0 fully saturated rings. The van der Waals surface area contributed by atoms with Gasteiger partial charge >= 0.3 is 0 Å². The van der Waals surface area contributed by atoms with Gasteiger partial charge in [-0.05, 0) is 163 Å². The molecular formula is C96H76N4O2PtSi-2. The van der Waals surface area contributed by atoms with Crippen LogP contribution in [0.15, 0.2) is 301 Å². The maximum absolute atomic E-state index is 10.1. The molecule has 8 heteroatoms. The average molecular weight is 1560 g/mol. The molecule has 13 aromatic carbocycles. The van der Waals surface area contributed by atoms with Crippen LogP contribution in [0, 0.1) is 18.5 Å². The molecule has 0 saturated heterocycles. The van der Waals surface area contributed by atoms with E-state index in [1.54, 1.807) is 18.2 Å². The zero-order valence-electron chi connectivity index (χ0n) is 73.6.